The van der Waals surface area contributed by atoms with Gasteiger partial charge in [-0.05, 0) is 24.5 Å². The van der Waals surface area contributed by atoms with E-state index in [2.05, 4.69) is 5.32 Å². The summed E-state index contributed by atoms with van der Waals surface area (Å²) in [5, 5.41) is 2.95. The first kappa shape index (κ1) is 18.1. The van der Waals surface area contributed by atoms with Gasteiger partial charge in [-0.25, -0.2) is 0 Å². The number of ether oxygens (including phenoxy) is 1. The van der Waals surface area contributed by atoms with Crippen molar-refractivity contribution >= 4 is 11.8 Å². The van der Waals surface area contributed by atoms with Gasteiger partial charge in [0.1, 0.15) is 6.61 Å². The largest absolute Gasteiger partial charge is 0.356 e. The Morgan fingerprint density at radius 3 is 2.54 bits per heavy atom. The highest BCUT2D eigenvalue weighted by molar-refractivity contribution is 5.86. The van der Waals surface area contributed by atoms with Crippen molar-refractivity contribution < 1.29 is 14.3 Å². The molecule has 5 nitrogen and oxygen atoms in total. The van der Waals surface area contributed by atoms with Gasteiger partial charge in [0, 0.05) is 13.6 Å². The molecule has 3 rings (SSSR count). The molecule has 1 aliphatic rings. The molecular weight excluding hydrogens is 328 g/mol. The molecule has 0 aliphatic carbocycles. The number of hydrogen-bond donors (Lipinski definition) is 1. The maximum atomic E-state index is 12.7. The molecule has 0 aromatic heterocycles. The molecule has 5 heteroatoms. The van der Waals surface area contributed by atoms with Crippen LogP contribution in [0, 0.1) is 6.92 Å². The number of likely N-dealkylation sites (N-methyl/N-ethyl adjacent to an activating group) is 1. The summed E-state index contributed by atoms with van der Waals surface area (Å²) in [5.41, 5.74) is 3.19. The maximum absolute atomic E-state index is 12.7. The Labute approximate surface area is 154 Å². The van der Waals surface area contributed by atoms with Crippen molar-refractivity contribution in [1.82, 2.24) is 10.2 Å². The average molecular weight is 352 g/mol. The Bertz CT molecular complexity index is 759. The summed E-state index contributed by atoms with van der Waals surface area (Å²) < 4.78 is 5.62. The number of amides is 2. The average Bonchev–Trinajstić information content (AvgIpc) is 2.65. The second-order valence-corrected chi connectivity index (χ2v) is 6.62. The fourth-order valence-electron chi connectivity index (χ4n) is 3.17. The Balaban J connectivity index is 1.69. The third-order valence-corrected chi connectivity index (χ3v) is 4.72. The minimum Gasteiger partial charge on any atom is -0.356 e. The molecule has 1 saturated heterocycles. The minimum atomic E-state index is -0.712. The zero-order valence-electron chi connectivity index (χ0n) is 15.1. The van der Waals surface area contributed by atoms with E-state index in [0.717, 1.165) is 17.5 Å². The van der Waals surface area contributed by atoms with Crippen molar-refractivity contribution in [2.24, 2.45) is 0 Å². The second kappa shape index (κ2) is 8.15. The molecule has 2 amide bonds. The van der Waals surface area contributed by atoms with Crippen LogP contribution < -0.4 is 5.32 Å². The number of carbonyl (C=O) groups excluding carboxylic acids is 2. The van der Waals surface area contributed by atoms with Crippen LogP contribution in [0.4, 0.5) is 0 Å². The first-order chi connectivity index (χ1) is 12.6. The second-order valence-electron chi connectivity index (χ2n) is 6.62. The van der Waals surface area contributed by atoms with Crippen LogP contribution >= 0.6 is 0 Å². The summed E-state index contributed by atoms with van der Waals surface area (Å²) in [6.45, 7) is 2.46. The molecular formula is C21H24N2O3. The number of hydrogen-bond acceptors (Lipinski definition) is 3. The monoisotopic (exact) mass is 352 g/mol. The first-order valence-electron chi connectivity index (χ1n) is 8.82. The van der Waals surface area contributed by atoms with E-state index < -0.39 is 12.1 Å². The van der Waals surface area contributed by atoms with Crippen LogP contribution in [-0.4, -0.2) is 43.0 Å². The van der Waals surface area contributed by atoms with E-state index in [1.54, 1.807) is 11.9 Å². The third-order valence-electron chi connectivity index (χ3n) is 4.72. The van der Waals surface area contributed by atoms with Crippen LogP contribution in [0.2, 0.25) is 0 Å². The minimum absolute atomic E-state index is 0.0738. The highest BCUT2D eigenvalue weighted by Crippen LogP contribution is 2.29. The van der Waals surface area contributed by atoms with Gasteiger partial charge < -0.3 is 15.0 Å². The zero-order chi connectivity index (χ0) is 18.5. The quantitative estimate of drug-likeness (QED) is 0.898. The number of aryl methyl sites for hydroxylation is 1. The van der Waals surface area contributed by atoms with E-state index in [1.165, 1.54) is 5.56 Å². The number of nitrogens with one attached hydrogen (secondary N) is 1. The van der Waals surface area contributed by atoms with Crippen molar-refractivity contribution in [3.05, 3.63) is 71.3 Å². The van der Waals surface area contributed by atoms with Crippen LogP contribution in [0.5, 0.6) is 0 Å². The van der Waals surface area contributed by atoms with Crippen molar-refractivity contribution in [3.63, 3.8) is 0 Å². The Morgan fingerprint density at radius 2 is 1.85 bits per heavy atom. The molecule has 1 aliphatic heterocycles. The number of benzene rings is 2. The van der Waals surface area contributed by atoms with E-state index in [4.69, 9.17) is 4.74 Å². The standard InChI is InChI=1S/C21H24N2O3/c1-15-8-10-17(11-9-15)19-20(26-14-18(24)23(19)2)21(25)22-13-12-16-6-4-3-5-7-16/h3-11,19-20H,12-14H2,1-2H3,(H,22,25)/t19-,20+/m0/s1. The lowest BCUT2D eigenvalue weighted by Gasteiger charge is -2.38. The molecule has 1 fully saturated rings. The van der Waals surface area contributed by atoms with Gasteiger partial charge in [0.25, 0.3) is 5.91 Å². The summed E-state index contributed by atoms with van der Waals surface area (Å²) in [4.78, 5) is 26.4. The van der Waals surface area contributed by atoms with Crippen LogP contribution in [0.15, 0.2) is 54.6 Å². The van der Waals surface area contributed by atoms with Gasteiger partial charge in [-0.2, -0.15) is 0 Å². The van der Waals surface area contributed by atoms with Gasteiger partial charge >= 0.3 is 0 Å². The van der Waals surface area contributed by atoms with Crippen molar-refractivity contribution in [2.75, 3.05) is 20.2 Å². The summed E-state index contributed by atoms with van der Waals surface area (Å²) in [7, 11) is 1.72. The van der Waals surface area contributed by atoms with Crippen LogP contribution in [0.25, 0.3) is 0 Å². The maximum Gasteiger partial charge on any atom is 0.251 e. The molecule has 2 aromatic carbocycles. The molecule has 0 spiro atoms. The lowest BCUT2D eigenvalue weighted by molar-refractivity contribution is -0.162. The Kier molecular flexibility index (Phi) is 5.68. The molecule has 1 heterocycles. The molecule has 0 saturated carbocycles. The van der Waals surface area contributed by atoms with Gasteiger partial charge in [-0.1, -0.05) is 60.2 Å². The summed E-state index contributed by atoms with van der Waals surface area (Å²) in [6, 6.07) is 17.4. The normalized spacial score (nSPS) is 20.1. The van der Waals surface area contributed by atoms with Gasteiger partial charge in [-0.3, -0.25) is 9.59 Å². The number of rotatable bonds is 5. The topological polar surface area (TPSA) is 58.6 Å². The van der Waals surface area contributed by atoms with Crippen LogP contribution in [0.1, 0.15) is 22.7 Å². The molecule has 2 atom stereocenters. The van der Waals surface area contributed by atoms with E-state index >= 15 is 0 Å². The molecule has 1 N–H and O–H groups in total. The van der Waals surface area contributed by atoms with Gasteiger partial charge in [0.2, 0.25) is 5.91 Å². The third kappa shape index (κ3) is 4.11. The van der Waals surface area contributed by atoms with Crippen molar-refractivity contribution in [3.8, 4) is 0 Å². The Morgan fingerprint density at radius 1 is 1.15 bits per heavy atom. The Hall–Kier alpha value is -2.66. The predicted octanol–water partition coefficient (Wildman–Crippen LogP) is 2.25. The van der Waals surface area contributed by atoms with E-state index in [0.29, 0.717) is 6.54 Å². The zero-order valence-corrected chi connectivity index (χ0v) is 15.1. The van der Waals surface area contributed by atoms with Gasteiger partial charge in [-0.15, -0.1) is 0 Å². The fourth-order valence-corrected chi connectivity index (χ4v) is 3.17. The lowest BCUT2D eigenvalue weighted by atomic mass is 9.96. The molecule has 0 bridgehead atoms. The van der Waals surface area contributed by atoms with Crippen molar-refractivity contribution in [1.29, 1.82) is 0 Å². The summed E-state index contributed by atoms with van der Waals surface area (Å²) in [6.07, 6.45) is 0.0414. The van der Waals surface area contributed by atoms with E-state index in [-0.39, 0.29) is 18.4 Å². The van der Waals surface area contributed by atoms with E-state index in [9.17, 15) is 9.59 Å². The van der Waals surface area contributed by atoms with E-state index in [1.807, 2.05) is 61.5 Å². The van der Waals surface area contributed by atoms with Crippen molar-refractivity contribution in [2.45, 2.75) is 25.5 Å². The smallest absolute Gasteiger partial charge is 0.251 e. The molecule has 0 radical (unpaired) electrons. The molecule has 0 unspecified atom stereocenters. The lowest BCUT2D eigenvalue weighted by Crippen LogP contribution is -2.53. The molecule has 2 aromatic rings. The number of morpholine rings is 1. The number of nitrogens with zero attached hydrogens (tertiary/aromatic N) is 1. The highest BCUT2D eigenvalue weighted by atomic mass is 16.5. The van der Waals surface area contributed by atoms with Gasteiger partial charge in [0.15, 0.2) is 6.10 Å². The first-order valence-corrected chi connectivity index (χ1v) is 8.82. The summed E-state index contributed by atoms with van der Waals surface area (Å²) >= 11 is 0. The van der Waals surface area contributed by atoms with Gasteiger partial charge in [0.05, 0.1) is 6.04 Å². The predicted molar refractivity (Wildman–Crippen MR) is 99.6 cm³/mol. The molecule has 136 valence electrons. The fraction of sp³-hybridized carbons (Fsp3) is 0.333. The molecule has 26 heavy (non-hydrogen) atoms. The van der Waals surface area contributed by atoms with Crippen LogP contribution in [-0.2, 0) is 20.7 Å². The number of carbonyl (C=O) groups is 2. The summed E-state index contributed by atoms with van der Waals surface area (Å²) in [5.74, 6) is -0.310. The SMILES string of the molecule is Cc1ccc([C@H]2[C@H](C(=O)NCCc3ccccc3)OCC(=O)N2C)cc1. The highest BCUT2D eigenvalue weighted by Gasteiger charge is 2.39. The van der Waals surface area contributed by atoms with Crippen LogP contribution in [0.3, 0.4) is 0 Å².